The fourth-order valence-corrected chi connectivity index (χ4v) is 2.27. The van der Waals surface area contributed by atoms with Crippen molar-refractivity contribution in [1.29, 1.82) is 0 Å². The summed E-state index contributed by atoms with van der Waals surface area (Å²) in [4.78, 5) is 0. The fourth-order valence-electron chi connectivity index (χ4n) is 1.93. The van der Waals surface area contributed by atoms with Crippen LogP contribution in [0.2, 0.25) is 0 Å². The summed E-state index contributed by atoms with van der Waals surface area (Å²) < 4.78 is 20.1. The summed E-state index contributed by atoms with van der Waals surface area (Å²) >= 11 is 3.46. The van der Waals surface area contributed by atoms with Gasteiger partial charge in [0.15, 0.2) is 0 Å². The number of hydrogen-bond donors (Lipinski definition) is 1. The Morgan fingerprint density at radius 2 is 1.90 bits per heavy atom. The first-order chi connectivity index (χ1) is 9.95. The Balaban J connectivity index is 2.27. The lowest BCUT2D eigenvalue weighted by Gasteiger charge is -2.15. The van der Waals surface area contributed by atoms with Gasteiger partial charge in [-0.3, -0.25) is 0 Å². The molecule has 1 N–H and O–H groups in total. The van der Waals surface area contributed by atoms with Crippen LogP contribution < -0.4 is 10.1 Å². The molecule has 0 aliphatic carbocycles. The molecule has 2 nitrogen and oxygen atoms in total. The normalized spacial score (nSPS) is 11.0. The van der Waals surface area contributed by atoms with Crippen LogP contribution in [0.25, 0.3) is 0 Å². The Morgan fingerprint density at radius 1 is 1.14 bits per heavy atom. The monoisotopic (exact) mass is 351 g/mol. The van der Waals surface area contributed by atoms with Gasteiger partial charge in [-0.15, -0.1) is 0 Å². The van der Waals surface area contributed by atoms with Gasteiger partial charge in [-0.2, -0.15) is 0 Å². The molecular weight excluding hydrogens is 333 g/mol. The van der Waals surface area contributed by atoms with Crippen LogP contribution >= 0.6 is 15.9 Å². The molecule has 0 saturated carbocycles. The van der Waals surface area contributed by atoms with E-state index in [2.05, 4.69) is 35.1 Å². The smallest absolute Gasteiger partial charge is 0.133 e. The lowest BCUT2D eigenvalue weighted by atomic mass is 10.1. The minimum atomic E-state index is -0.254. The zero-order valence-corrected chi connectivity index (χ0v) is 14.0. The van der Waals surface area contributed by atoms with Crippen molar-refractivity contribution in [3.63, 3.8) is 0 Å². The number of hydrogen-bond acceptors (Lipinski definition) is 2. The Bertz CT molecular complexity index is 628. The summed E-state index contributed by atoms with van der Waals surface area (Å²) in [5, 5.41) is 3.38. The lowest BCUT2D eigenvalue weighted by Crippen LogP contribution is -2.22. The van der Waals surface area contributed by atoms with Crippen molar-refractivity contribution in [2.45, 2.75) is 33.4 Å². The van der Waals surface area contributed by atoms with E-state index in [4.69, 9.17) is 4.74 Å². The van der Waals surface area contributed by atoms with Crippen LogP contribution in [0.4, 0.5) is 4.39 Å². The molecule has 0 saturated heterocycles. The van der Waals surface area contributed by atoms with Crippen LogP contribution in [0.15, 0.2) is 40.9 Å². The highest BCUT2D eigenvalue weighted by Crippen LogP contribution is 2.30. The highest BCUT2D eigenvalue weighted by Gasteiger charge is 2.09. The van der Waals surface area contributed by atoms with E-state index >= 15 is 0 Å². The van der Waals surface area contributed by atoms with Gasteiger partial charge in [0, 0.05) is 22.6 Å². The Kier molecular flexibility index (Phi) is 5.37. The zero-order chi connectivity index (χ0) is 15.4. The predicted molar refractivity (Wildman–Crippen MR) is 87.3 cm³/mol. The van der Waals surface area contributed by atoms with Gasteiger partial charge in [0.05, 0.1) is 0 Å². The van der Waals surface area contributed by atoms with Crippen LogP contribution in [0.5, 0.6) is 11.5 Å². The summed E-state index contributed by atoms with van der Waals surface area (Å²) in [6, 6.07) is 10.9. The number of benzene rings is 2. The van der Waals surface area contributed by atoms with Crippen molar-refractivity contribution in [2.24, 2.45) is 0 Å². The maximum absolute atomic E-state index is 13.2. The highest BCUT2D eigenvalue weighted by molar-refractivity contribution is 9.10. The number of aryl methyl sites for hydroxylation is 1. The molecule has 0 aliphatic heterocycles. The van der Waals surface area contributed by atoms with Crippen molar-refractivity contribution in [3.05, 3.63) is 57.8 Å². The van der Waals surface area contributed by atoms with E-state index in [0.29, 0.717) is 11.8 Å². The Labute approximate surface area is 133 Å². The lowest BCUT2D eigenvalue weighted by molar-refractivity contribution is 0.464. The first-order valence-corrected chi connectivity index (χ1v) is 7.71. The average Bonchev–Trinajstić information content (AvgIpc) is 2.41. The third-order valence-corrected chi connectivity index (χ3v) is 3.58. The molecule has 112 valence electrons. The van der Waals surface area contributed by atoms with E-state index in [1.807, 2.05) is 25.1 Å². The molecule has 4 heteroatoms. The summed E-state index contributed by atoms with van der Waals surface area (Å²) in [6.07, 6.45) is 0. The van der Waals surface area contributed by atoms with Crippen LogP contribution in [0, 0.1) is 12.7 Å². The summed E-state index contributed by atoms with van der Waals surface area (Å²) in [7, 11) is 0. The molecule has 0 fully saturated rings. The first-order valence-electron chi connectivity index (χ1n) is 6.91. The number of rotatable bonds is 5. The molecule has 0 bridgehead atoms. The Morgan fingerprint density at radius 3 is 2.57 bits per heavy atom. The molecule has 0 aliphatic rings. The topological polar surface area (TPSA) is 21.3 Å². The predicted octanol–water partition coefficient (Wildman–Crippen LogP) is 5.19. The van der Waals surface area contributed by atoms with Crippen molar-refractivity contribution in [2.75, 3.05) is 0 Å². The van der Waals surface area contributed by atoms with E-state index in [9.17, 15) is 4.39 Å². The second-order valence-electron chi connectivity index (χ2n) is 5.30. The number of nitrogens with one attached hydrogen (secondary N) is 1. The summed E-state index contributed by atoms with van der Waals surface area (Å²) in [6.45, 7) is 6.76. The second kappa shape index (κ2) is 7.05. The van der Waals surface area contributed by atoms with Gasteiger partial charge < -0.3 is 10.1 Å². The van der Waals surface area contributed by atoms with Crippen LogP contribution in [0.3, 0.4) is 0 Å². The molecule has 2 aromatic rings. The average molecular weight is 352 g/mol. The molecular formula is C17H19BrFNO. The quantitative estimate of drug-likeness (QED) is 0.800. The van der Waals surface area contributed by atoms with Gasteiger partial charge in [-0.1, -0.05) is 35.8 Å². The largest absolute Gasteiger partial charge is 0.457 e. The molecule has 0 aromatic heterocycles. The standard InChI is InChI=1S/C17H19BrFNO/c1-11(2)20-10-13-4-5-14(18)9-17(13)21-16-7-6-15(19)8-12(16)3/h4-9,11,20H,10H2,1-3H3. The zero-order valence-electron chi connectivity index (χ0n) is 12.4. The minimum Gasteiger partial charge on any atom is -0.457 e. The maximum Gasteiger partial charge on any atom is 0.133 e. The maximum atomic E-state index is 13.2. The van der Waals surface area contributed by atoms with Gasteiger partial charge in [0.1, 0.15) is 17.3 Å². The van der Waals surface area contributed by atoms with Gasteiger partial charge in [0.2, 0.25) is 0 Å². The summed E-state index contributed by atoms with van der Waals surface area (Å²) in [5.41, 5.74) is 1.84. The van der Waals surface area contributed by atoms with E-state index in [-0.39, 0.29) is 5.82 Å². The molecule has 2 rings (SSSR count). The molecule has 21 heavy (non-hydrogen) atoms. The molecule has 0 heterocycles. The van der Waals surface area contributed by atoms with Crippen molar-refractivity contribution in [3.8, 4) is 11.5 Å². The molecule has 0 amide bonds. The second-order valence-corrected chi connectivity index (χ2v) is 6.22. The van der Waals surface area contributed by atoms with Crippen molar-refractivity contribution in [1.82, 2.24) is 5.32 Å². The van der Waals surface area contributed by atoms with Gasteiger partial charge in [0.25, 0.3) is 0 Å². The van der Waals surface area contributed by atoms with E-state index in [0.717, 1.165) is 27.9 Å². The molecule has 0 unspecified atom stereocenters. The molecule has 2 aromatic carbocycles. The Hall–Kier alpha value is -1.39. The molecule has 0 radical (unpaired) electrons. The molecule has 0 spiro atoms. The van der Waals surface area contributed by atoms with Gasteiger partial charge >= 0.3 is 0 Å². The number of ether oxygens (including phenoxy) is 1. The third kappa shape index (κ3) is 4.55. The minimum absolute atomic E-state index is 0.254. The van der Waals surface area contributed by atoms with E-state index in [1.165, 1.54) is 12.1 Å². The number of halogens is 2. The third-order valence-electron chi connectivity index (χ3n) is 3.09. The van der Waals surface area contributed by atoms with Crippen LogP contribution in [-0.4, -0.2) is 6.04 Å². The van der Waals surface area contributed by atoms with E-state index in [1.54, 1.807) is 6.07 Å². The fraction of sp³-hybridized carbons (Fsp3) is 0.294. The van der Waals surface area contributed by atoms with Crippen molar-refractivity contribution < 1.29 is 9.13 Å². The van der Waals surface area contributed by atoms with Gasteiger partial charge in [-0.25, -0.2) is 4.39 Å². The van der Waals surface area contributed by atoms with Gasteiger partial charge in [-0.05, 0) is 42.8 Å². The molecule has 0 atom stereocenters. The first kappa shape index (κ1) is 16.0. The van der Waals surface area contributed by atoms with Crippen molar-refractivity contribution >= 4 is 15.9 Å². The van der Waals surface area contributed by atoms with E-state index < -0.39 is 0 Å². The van der Waals surface area contributed by atoms with Crippen LogP contribution in [0.1, 0.15) is 25.0 Å². The summed E-state index contributed by atoms with van der Waals surface area (Å²) in [5.74, 6) is 1.18. The SMILES string of the molecule is Cc1cc(F)ccc1Oc1cc(Br)ccc1CNC(C)C. The van der Waals surface area contributed by atoms with Crippen LogP contribution in [-0.2, 0) is 6.54 Å². The highest BCUT2D eigenvalue weighted by atomic mass is 79.9.